The minimum absolute atomic E-state index is 0.268. The van der Waals surface area contributed by atoms with Gasteiger partial charge in [-0.25, -0.2) is 0 Å². The third kappa shape index (κ3) is 3.73. The first-order chi connectivity index (χ1) is 9.72. The van der Waals surface area contributed by atoms with E-state index in [9.17, 15) is 4.79 Å². The molecule has 0 unspecified atom stereocenters. The van der Waals surface area contributed by atoms with Gasteiger partial charge in [0.1, 0.15) is 0 Å². The molecular formula is C15H22N4O. The van der Waals surface area contributed by atoms with Gasteiger partial charge in [-0.2, -0.15) is 0 Å². The van der Waals surface area contributed by atoms with E-state index >= 15 is 0 Å². The maximum Gasteiger partial charge on any atom is 0.222 e. The van der Waals surface area contributed by atoms with E-state index in [1.54, 1.807) is 7.05 Å². The highest BCUT2D eigenvalue weighted by atomic mass is 16.2. The van der Waals surface area contributed by atoms with Crippen molar-refractivity contribution in [2.75, 3.05) is 20.6 Å². The van der Waals surface area contributed by atoms with E-state index in [1.165, 1.54) is 11.1 Å². The molecule has 1 aromatic carbocycles. The highest BCUT2D eigenvalue weighted by Crippen LogP contribution is 2.15. The van der Waals surface area contributed by atoms with Crippen molar-refractivity contribution in [3.05, 3.63) is 35.4 Å². The summed E-state index contributed by atoms with van der Waals surface area (Å²) in [5.74, 6) is 1.04. The fraction of sp³-hybridized carbons (Fsp3) is 0.467. The van der Waals surface area contributed by atoms with Gasteiger partial charge in [0.15, 0.2) is 5.96 Å². The Morgan fingerprint density at radius 2 is 2.20 bits per heavy atom. The minimum atomic E-state index is 0.268. The Morgan fingerprint density at radius 1 is 1.40 bits per heavy atom. The van der Waals surface area contributed by atoms with E-state index in [1.807, 2.05) is 18.0 Å². The second kappa shape index (κ2) is 6.93. The smallest absolute Gasteiger partial charge is 0.222 e. The summed E-state index contributed by atoms with van der Waals surface area (Å²) in [6, 6.07) is 8.32. The highest BCUT2D eigenvalue weighted by Gasteiger charge is 2.19. The number of hydrogen-bond donors (Lipinski definition) is 2. The molecule has 1 saturated heterocycles. The second-order valence-electron chi connectivity index (χ2n) is 4.91. The topological polar surface area (TPSA) is 56.7 Å². The Bertz CT molecular complexity index is 498. The van der Waals surface area contributed by atoms with Crippen LogP contribution in [0.4, 0.5) is 0 Å². The Labute approximate surface area is 120 Å². The molecule has 0 bridgehead atoms. The number of carbonyl (C=O) groups excluding carboxylic acids is 1. The average molecular weight is 274 g/mol. The van der Waals surface area contributed by atoms with E-state index in [-0.39, 0.29) is 5.91 Å². The molecule has 5 heteroatoms. The van der Waals surface area contributed by atoms with Gasteiger partial charge in [-0.05, 0) is 17.5 Å². The van der Waals surface area contributed by atoms with Crippen molar-refractivity contribution < 1.29 is 4.79 Å². The van der Waals surface area contributed by atoms with Crippen LogP contribution in [0.25, 0.3) is 0 Å². The predicted octanol–water partition coefficient (Wildman–Crippen LogP) is 1.10. The Balaban J connectivity index is 1.95. The number of nitrogens with one attached hydrogen (secondary N) is 2. The molecule has 2 rings (SSSR count). The van der Waals surface area contributed by atoms with Crippen molar-refractivity contribution in [3.63, 3.8) is 0 Å². The monoisotopic (exact) mass is 274 g/mol. The number of benzene rings is 1. The van der Waals surface area contributed by atoms with Gasteiger partial charge >= 0.3 is 0 Å². The van der Waals surface area contributed by atoms with E-state index < -0.39 is 0 Å². The molecular weight excluding hydrogens is 252 g/mol. The molecule has 0 aromatic heterocycles. The minimum Gasteiger partial charge on any atom is -0.359 e. The second-order valence-corrected chi connectivity index (χ2v) is 4.91. The summed E-state index contributed by atoms with van der Waals surface area (Å²) in [4.78, 5) is 17.7. The summed E-state index contributed by atoms with van der Waals surface area (Å²) in [6.07, 6.45) is 1.68. The molecule has 1 heterocycles. The normalized spacial score (nSPS) is 15.6. The number of rotatable bonds is 4. The fourth-order valence-electron chi connectivity index (χ4n) is 2.39. The molecule has 108 valence electrons. The third-order valence-corrected chi connectivity index (χ3v) is 3.46. The summed E-state index contributed by atoms with van der Waals surface area (Å²) in [5.41, 5.74) is 2.37. The first-order valence-corrected chi connectivity index (χ1v) is 6.97. The maximum atomic E-state index is 11.6. The van der Waals surface area contributed by atoms with Crippen molar-refractivity contribution in [2.45, 2.75) is 25.9 Å². The van der Waals surface area contributed by atoms with Crippen molar-refractivity contribution in [1.82, 2.24) is 15.5 Å². The largest absolute Gasteiger partial charge is 0.359 e. The summed E-state index contributed by atoms with van der Waals surface area (Å²) in [5, 5.41) is 6.21. The maximum absolute atomic E-state index is 11.6. The predicted molar refractivity (Wildman–Crippen MR) is 80.4 cm³/mol. The molecule has 20 heavy (non-hydrogen) atoms. The van der Waals surface area contributed by atoms with Gasteiger partial charge in [0, 0.05) is 40.2 Å². The molecule has 1 fully saturated rings. The van der Waals surface area contributed by atoms with Gasteiger partial charge in [0.2, 0.25) is 5.91 Å². The molecule has 0 aliphatic carbocycles. The van der Waals surface area contributed by atoms with Crippen molar-refractivity contribution in [1.29, 1.82) is 0 Å². The highest BCUT2D eigenvalue weighted by molar-refractivity contribution is 5.79. The van der Waals surface area contributed by atoms with Crippen LogP contribution >= 0.6 is 0 Å². The quantitative estimate of drug-likeness (QED) is 0.638. The van der Waals surface area contributed by atoms with Crippen LogP contribution < -0.4 is 10.6 Å². The number of amides is 1. The lowest BCUT2D eigenvalue weighted by Crippen LogP contribution is -2.34. The van der Waals surface area contributed by atoms with Crippen LogP contribution in [0.1, 0.15) is 24.0 Å². The standard InChI is InChI=1S/C15H22N4O/c1-16-15(17-2)18-10-12-5-3-6-13(9-12)11-19-8-4-7-14(19)20/h3,5-6,9H,4,7-8,10-11H2,1-2H3,(H2,16,17,18). The zero-order chi connectivity index (χ0) is 14.4. The molecule has 0 spiro atoms. The summed E-state index contributed by atoms with van der Waals surface area (Å²) in [7, 11) is 3.58. The van der Waals surface area contributed by atoms with Crippen LogP contribution in [0.2, 0.25) is 0 Å². The Morgan fingerprint density at radius 3 is 2.85 bits per heavy atom. The molecule has 1 aliphatic heterocycles. The van der Waals surface area contributed by atoms with Crippen LogP contribution in [0.3, 0.4) is 0 Å². The zero-order valence-electron chi connectivity index (χ0n) is 12.1. The van der Waals surface area contributed by atoms with Crippen LogP contribution in [0.5, 0.6) is 0 Å². The molecule has 1 aliphatic rings. The third-order valence-electron chi connectivity index (χ3n) is 3.46. The van der Waals surface area contributed by atoms with Gasteiger partial charge in [0.05, 0.1) is 0 Å². The van der Waals surface area contributed by atoms with Crippen LogP contribution in [0, 0.1) is 0 Å². The SMILES string of the molecule is CN=C(NC)NCc1cccc(CN2CCCC2=O)c1. The van der Waals surface area contributed by atoms with Crippen molar-refractivity contribution in [2.24, 2.45) is 4.99 Å². The van der Waals surface area contributed by atoms with Crippen molar-refractivity contribution >= 4 is 11.9 Å². The van der Waals surface area contributed by atoms with E-state index in [0.717, 1.165) is 25.5 Å². The zero-order valence-corrected chi connectivity index (χ0v) is 12.1. The molecule has 5 nitrogen and oxygen atoms in total. The average Bonchev–Trinajstić information content (AvgIpc) is 2.86. The Hall–Kier alpha value is -2.04. The lowest BCUT2D eigenvalue weighted by molar-refractivity contribution is -0.128. The Kier molecular flexibility index (Phi) is 4.98. The van der Waals surface area contributed by atoms with E-state index in [4.69, 9.17) is 0 Å². The number of guanidine groups is 1. The first-order valence-electron chi connectivity index (χ1n) is 6.97. The molecule has 0 saturated carbocycles. The van der Waals surface area contributed by atoms with Crippen LogP contribution in [-0.4, -0.2) is 37.4 Å². The summed E-state index contributed by atoms with van der Waals surface area (Å²) < 4.78 is 0. The van der Waals surface area contributed by atoms with E-state index in [2.05, 4.69) is 33.8 Å². The van der Waals surface area contributed by atoms with Crippen LogP contribution in [-0.2, 0) is 17.9 Å². The van der Waals surface area contributed by atoms with Crippen molar-refractivity contribution in [3.8, 4) is 0 Å². The number of hydrogen-bond acceptors (Lipinski definition) is 2. The summed E-state index contributed by atoms with van der Waals surface area (Å²) in [6.45, 7) is 2.32. The van der Waals surface area contributed by atoms with Gasteiger partial charge in [-0.1, -0.05) is 24.3 Å². The number of nitrogens with zero attached hydrogens (tertiary/aromatic N) is 2. The fourth-order valence-corrected chi connectivity index (χ4v) is 2.39. The van der Waals surface area contributed by atoms with Gasteiger partial charge < -0.3 is 15.5 Å². The van der Waals surface area contributed by atoms with E-state index in [0.29, 0.717) is 13.0 Å². The lowest BCUT2D eigenvalue weighted by atomic mass is 10.1. The molecule has 0 atom stereocenters. The van der Waals surface area contributed by atoms with Gasteiger partial charge in [-0.15, -0.1) is 0 Å². The molecule has 1 aromatic rings. The number of aliphatic imine (C=N–C) groups is 1. The number of likely N-dealkylation sites (tertiary alicyclic amines) is 1. The van der Waals surface area contributed by atoms with Gasteiger partial charge in [0.25, 0.3) is 0 Å². The first kappa shape index (κ1) is 14.4. The number of carbonyl (C=O) groups is 1. The van der Waals surface area contributed by atoms with Gasteiger partial charge in [-0.3, -0.25) is 9.79 Å². The molecule has 2 N–H and O–H groups in total. The van der Waals surface area contributed by atoms with Crippen LogP contribution in [0.15, 0.2) is 29.3 Å². The lowest BCUT2D eigenvalue weighted by Gasteiger charge is -2.16. The summed E-state index contributed by atoms with van der Waals surface area (Å²) >= 11 is 0. The molecule has 1 amide bonds. The molecule has 0 radical (unpaired) electrons.